The fraction of sp³-hybridized carbons (Fsp3) is 0.750. The molecule has 9 heavy (non-hydrogen) atoms. The zero-order chi connectivity index (χ0) is 7.11. The van der Waals surface area contributed by atoms with Crippen LogP contribution in [0.5, 0.6) is 0 Å². The summed E-state index contributed by atoms with van der Waals surface area (Å²) in [5.74, 6) is 0. The Morgan fingerprint density at radius 3 is 2.78 bits per heavy atom. The molecule has 54 valence electrons. The number of hydrogen-bond acceptors (Lipinski definition) is 4. The third-order valence-corrected chi connectivity index (χ3v) is 0.729. The van der Waals surface area contributed by atoms with Crippen molar-refractivity contribution in [1.29, 1.82) is 0 Å². The molecule has 0 unspecified atom stereocenters. The van der Waals surface area contributed by atoms with Crippen LogP contribution in [0.1, 0.15) is 6.92 Å². The first-order chi connectivity index (χ1) is 4.31. The van der Waals surface area contributed by atoms with Crippen molar-refractivity contribution in [2.45, 2.75) is 6.92 Å². The second-order valence-electron chi connectivity index (χ2n) is 0.993. The molecular formula is C4H7IO4. The van der Waals surface area contributed by atoms with Crippen LogP contribution >= 0.6 is 22.6 Å². The summed E-state index contributed by atoms with van der Waals surface area (Å²) < 4.78 is 4.61. The average Bonchev–Trinajstić information content (AvgIpc) is 1.85. The van der Waals surface area contributed by atoms with Crippen LogP contribution in [0.25, 0.3) is 0 Å². The third kappa shape index (κ3) is 5.84. The van der Waals surface area contributed by atoms with Gasteiger partial charge >= 0.3 is 6.16 Å². The lowest BCUT2D eigenvalue weighted by atomic mass is 10.9. The van der Waals surface area contributed by atoms with Gasteiger partial charge < -0.3 is 4.74 Å². The standard InChI is InChI=1S/C4H7IO4/c1-2-8-9-4(6)7-3-5/h2-3H2,1H3. The van der Waals surface area contributed by atoms with Gasteiger partial charge in [-0.05, 0) is 29.5 Å². The highest BCUT2D eigenvalue weighted by atomic mass is 127. The van der Waals surface area contributed by atoms with Crippen LogP contribution in [0.3, 0.4) is 0 Å². The largest absolute Gasteiger partial charge is 0.541 e. The maximum absolute atomic E-state index is 10.2. The van der Waals surface area contributed by atoms with Crippen molar-refractivity contribution < 1.29 is 19.3 Å². The van der Waals surface area contributed by atoms with Crippen molar-refractivity contribution in [1.82, 2.24) is 0 Å². The van der Waals surface area contributed by atoms with Gasteiger partial charge in [-0.25, -0.2) is 4.79 Å². The number of alkyl halides is 1. The number of carbonyl (C=O) groups is 1. The molecule has 0 aliphatic carbocycles. The number of hydrogen-bond donors (Lipinski definition) is 0. The quantitative estimate of drug-likeness (QED) is 0.249. The Hall–Kier alpha value is -0.0400. The monoisotopic (exact) mass is 246 g/mol. The minimum absolute atomic E-state index is 0.268. The minimum Gasteiger partial charge on any atom is -0.422 e. The summed E-state index contributed by atoms with van der Waals surface area (Å²) >= 11 is 1.88. The molecule has 0 heterocycles. The second kappa shape index (κ2) is 6.09. The SMILES string of the molecule is CCOOC(=O)OCI. The van der Waals surface area contributed by atoms with Crippen LogP contribution in [-0.4, -0.2) is 17.4 Å². The van der Waals surface area contributed by atoms with Gasteiger partial charge in [0.15, 0.2) is 0 Å². The molecule has 0 aliphatic heterocycles. The van der Waals surface area contributed by atoms with E-state index in [1.807, 2.05) is 22.6 Å². The summed E-state index contributed by atoms with van der Waals surface area (Å²) in [6, 6.07) is 0. The molecule has 0 N–H and O–H groups in total. The third-order valence-electron chi connectivity index (χ3n) is 0.417. The molecule has 5 heteroatoms. The molecule has 0 aromatic rings. The molecule has 0 rings (SSSR count). The highest BCUT2D eigenvalue weighted by Gasteiger charge is 2.00. The lowest BCUT2D eigenvalue weighted by Gasteiger charge is -1.98. The summed E-state index contributed by atoms with van der Waals surface area (Å²) in [6.45, 7) is 2.04. The normalized spacial score (nSPS) is 8.67. The molecule has 0 radical (unpaired) electrons. The van der Waals surface area contributed by atoms with Crippen LogP contribution in [0, 0.1) is 0 Å². The van der Waals surface area contributed by atoms with Crippen LogP contribution in [-0.2, 0) is 14.5 Å². The van der Waals surface area contributed by atoms with Gasteiger partial charge in [-0.3, -0.25) is 4.89 Å². The number of carbonyl (C=O) groups excluding carboxylic acids is 1. The fourth-order valence-electron chi connectivity index (χ4n) is 0.176. The molecule has 0 fully saturated rings. The molecule has 0 atom stereocenters. The molecule has 4 nitrogen and oxygen atoms in total. The lowest BCUT2D eigenvalue weighted by Crippen LogP contribution is -2.06. The molecule has 0 saturated heterocycles. The van der Waals surface area contributed by atoms with E-state index < -0.39 is 6.16 Å². The molecule has 0 aromatic carbocycles. The Morgan fingerprint density at radius 2 is 2.33 bits per heavy atom. The number of halogens is 1. The summed E-state index contributed by atoms with van der Waals surface area (Å²) in [4.78, 5) is 18.6. The predicted molar refractivity (Wildman–Crippen MR) is 38.1 cm³/mol. The van der Waals surface area contributed by atoms with E-state index >= 15 is 0 Å². The molecular weight excluding hydrogens is 239 g/mol. The van der Waals surface area contributed by atoms with E-state index in [0.29, 0.717) is 6.61 Å². The molecule has 0 amide bonds. The zero-order valence-electron chi connectivity index (χ0n) is 4.93. The first kappa shape index (κ1) is 8.96. The van der Waals surface area contributed by atoms with Gasteiger partial charge in [0, 0.05) is 0 Å². The van der Waals surface area contributed by atoms with Gasteiger partial charge in [-0.15, -0.1) is 0 Å². The lowest BCUT2D eigenvalue weighted by molar-refractivity contribution is -0.249. The van der Waals surface area contributed by atoms with Crippen molar-refractivity contribution in [2.24, 2.45) is 0 Å². The predicted octanol–water partition coefficient (Wildman–Crippen LogP) is 1.48. The average molecular weight is 246 g/mol. The van der Waals surface area contributed by atoms with E-state index in [2.05, 4.69) is 14.5 Å². The molecule has 0 aromatic heterocycles. The first-order valence-electron chi connectivity index (χ1n) is 2.33. The van der Waals surface area contributed by atoms with Crippen molar-refractivity contribution in [3.05, 3.63) is 0 Å². The molecule has 0 saturated carbocycles. The van der Waals surface area contributed by atoms with Gasteiger partial charge in [0.25, 0.3) is 0 Å². The van der Waals surface area contributed by atoms with E-state index in [-0.39, 0.29) is 4.61 Å². The zero-order valence-corrected chi connectivity index (χ0v) is 7.08. The van der Waals surface area contributed by atoms with Crippen LogP contribution in [0.4, 0.5) is 4.79 Å². The van der Waals surface area contributed by atoms with Crippen LogP contribution in [0.15, 0.2) is 0 Å². The minimum atomic E-state index is -0.800. The van der Waals surface area contributed by atoms with E-state index in [1.165, 1.54) is 0 Å². The summed E-state index contributed by atoms with van der Waals surface area (Å²) in [6.07, 6.45) is -0.800. The molecule has 0 aliphatic rings. The van der Waals surface area contributed by atoms with Crippen molar-refractivity contribution >= 4 is 28.7 Å². The molecule has 0 spiro atoms. The van der Waals surface area contributed by atoms with Gasteiger partial charge in [0.1, 0.15) is 4.61 Å². The maximum atomic E-state index is 10.2. The maximum Gasteiger partial charge on any atom is 0.541 e. The summed E-state index contributed by atoms with van der Waals surface area (Å²) in [5, 5.41) is 0. The van der Waals surface area contributed by atoms with Crippen LogP contribution < -0.4 is 0 Å². The van der Waals surface area contributed by atoms with Gasteiger partial charge in [-0.2, -0.15) is 4.89 Å². The van der Waals surface area contributed by atoms with E-state index in [1.54, 1.807) is 6.92 Å². The number of ether oxygens (including phenoxy) is 1. The highest BCUT2D eigenvalue weighted by molar-refractivity contribution is 14.1. The topological polar surface area (TPSA) is 44.8 Å². The van der Waals surface area contributed by atoms with Crippen molar-refractivity contribution in [3.8, 4) is 0 Å². The summed E-state index contributed by atoms with van der Waals surface area (Å²) in [5.41, 5.74) is 0. The van der Waals surface area contributed by atoms with Crippen molar-refractivity contribution in [2.75, 3.05) is 11.2 Å². The highest BCUT2D eigenvalue weighted by Crippen LogP contribution is 1.89. The first-order valence-corrected chi connectivity index (χ1v) is 3.86. The Labute approximate surface area is 66.5 Å². The smallest absolute Gasteiger partial charge is 0.422 e. The van der Waals surface area contributed by atoms with Gasteiger partial charge in [0.05, 0.1) is 6.61 Å². The van der Waals surface area contributed by atoms with Crippen molar-refractivity contribution in [3.63, 3.8) is 0 Å². The Bertz CT molecular complexity index is 84.6. The Balaban J connectivity index is 3.06. The molecule has 0 bridgehead atoms. The fourth-order valence-corrected chi connectivity index (χ4v) is 0.430. The summed E-state index contributed by atoms with van der Waals surface area (Å²) in [7, 11) is 0. The Kier molecular flexibility index (Phi) is 6.06. The van der Waals surface area contributed by atoms with E-state index in [4.69, 9.17) is 0 Å². The van der Waals surface area contributed by atoms with Crippen LogP contribution in [0.2, 0.25) is 0 Å². The second-order valence-corrected chi connectivity index (χ2v) is 1.62. The van der Waals surface area contributed by atoms with Gasteiger partial charge in [-0.1, -0.05) is 0 Å². The van der Waals surface area contributed by atoms with E-state index in [9.17, 15) is 4.79 Å². The number of rotatable bonds is 3. The van der Waals surface area contributed by atoms with Gasteiger partial charge in [0.2, 0.25) is 0 Å². The van der Waals surface area contributed by atoms with E-state index in [0.717, 1.165) is 0 Å². The Morgan fingerprint density at radius 1 is 1.67 bits per heavy atom.